The number of carbonyl (C=O) groups is 3. The molecule has 5 nitrogen and oxygen atoms in total. The zero-order valence-electron chi connectivity index (χ0n) is 13.4. The number of benzene rings is 1. The number of hydrogen-bond acceptors (Lipinski definition) is 5. The monoisotopic (exact) mass is 365 g/mol. The fourth-order valence-corrected chi connectivity index (χ4v) is 3.35. The molecule has 0 saturated carbocycles. The van der Waals surface area contributed by atoms with Crippen molar-refractivity contribution in [2.45, 2.75) is 20.8 Å². The van der Waals surface area contributed by atoms with Crippen molar-refractivity contribution in [3.8, 4) is 0 Å². The van der Waals surface area contributed by atoms with E-state index in [1.807, 2.05) is 6.92 Å². The summed E-state index contributed by atoms with van der Waals surface area (Å²) in [5.74, 6) is -1.27. The summed E-state index contributed by atoms with van der Waals surface area (Å²) in [5.41, 5.74) is 1.38. The number of halogens is 1. The Morgan fingerprint density at radius 3 is 2.58 bits per heavy atom. The molecule has 0 atom stereocenters. The second-order valence-corrected chi connectivity index (χ2v) is 6.84. The van der Waals surface area contributed by atoms with Crippen molar-refractivity contribution in [2.24, 2.45) is 0 Å². The molecule has 0 fully saturated rings. The number of hydrogen-bond donors (Lipinski definition) is 1. The van der Waals surface area contributed by atoms with Gasteiger partial charge in [-0.2, -0.15) is 0 Å². The zero-order chi connectivity index (χ0) is 17.9. The number of aryl methyl sites for hydroxylation is 1. The fourth-order valence-electron chi connectivity index (χ4n) is 2.07. The first-order valence-corrected chi connectivity index (χ1v) is 8.32. The predicted octanol–water partition coefficient (Wildman–Crippen LogP) is 4.02. The summed E-state index contributed by atoms with van der Waals surface area (Å²) < 4.78 is 5.12. The van der Waals surface area contributed by atoms with E-state index in [1.165, 1.54) is 24.3 Å². The quantitative estimate of drug-likeness (QED) is 0.641. The smallest absolute Gasteiger partial charge is 0.341 e. The molecule has 2 aromatic rings. The molecular formula is C17H16ClNO4S. The number of carbonyl (C=O) groups excluding carboxylic acids is 3. The van der Waals surface area contributed by atoms with Gasteiger partial charge >= 0.3 is 5.97 Å². The molecule has 1 N–H and O–H groups in total. The Morgan fingerprint density at radius 2 is 1.96 bits per heavy atom. The highest BCUT2D eigenvalue weighted by Gasteiger charge is 2.22. The van der Waals surface area contributed by atoms with Crippen molar-refractivity contribution in [3.05, 3.63) is 50.9 Å². The number of amides is 1. The summed E-state index contributed by atoms with van der Waals surface area (Å²) in [7, 11) is 0. The number of ether oxygens (including phenoxy) is 1. The highest BCUT2D eigenvalue weighted by molar-refractivity contribution is 7.16. The minimum absolute atomic E-state index is 0.277. The first-order valence-electron chi connectivity index (χ1n) is 7.13. The normalized spacial score (nSPS) is 10.3. The van der Waals surface area contributed by atoms with Gasteiger partial charge in [0.05, 0.1) is 5.56 Å². The van der Waals surface area contributed by atoms with Crippen LogP contribution in [0.15, 0.2) is 24.3 Å². The summed E-state index contributed by atoms with van der Waals surface area (Å²) in [5, 5.41) is 3.48. The Hall–Kier alpha value is -2.18. The second-order valence-electron chi connectivity index (χ2n) is 5.18. The molecular weight excluding hydrogens is 350 g/mol. The molecule has 24 heavy (non-hydrogen) atoms. The lowest BCUT2D eigenvalue weighted by Gasteiger charge is -2.07. The molecule has 0 radical (unpaired) electrons. The molecule has 0 aliphatic heterocycles. The maximum atomic E-state index is 12.3. The number of ketones is 1. The largest absolute Gasteiger partial charge is 0.454 e. The number of nitrogens with one attached hydrogen (secondary N) is 1. The first kappa shape index (κ1) is 18.2. The van der Waals surface area contributed by atoms with Crippen LogP contribution in [0.2, 0.25) is 5.02 Å². The summed E-state index contributed by atoms with van der Waals surface area (Å²) in [6, 6.07) is 6.42. The van der Waals surface area contributed by atoms with Crippen molar-refractivity contribution in [1.29, 1.82) is 0 Å². The molecule has 1 aromatic heterocycles. The Balaban J connectivity index is 2.13. The van der Waals surface area contributed by atoms with Crippen LogP contribution in [0.25, 0.3) is 0 Å². The Labute approximate surface area is 148 Å². The second kappa shape index (κ2) is 7.59. The summed E-state index contributed by atoms with van der Waals surface area (Å²) in [4.78, 5) is 36.6. The Bertz CT molecular complexity index is 813. The van der Waals surface area contributed by atoms with Crippen LogP contribution < -0.4 is 5.32 Å². The van der Waals surface area contributed by atoms with Gasteiger partial charge in [0.2, 0.25) is 5.91 Å². The van der Waals surface area contributed by atoms with Gasteiger partial charge in [-0.25, -0.2) is 4.79 Å². The van der Waals surface area contributed by atoms with Gasteiger partial charge in [-0.15, -0.1) is 11.3 Å². The molecule has 0 bridgehead atoms. The molecule has 2 rings (SSSR count). The van der Waals surface area contributed by atoms with Crippen LogP contribution in [-0.4, -0.2) is 24.3 Å². The molecule has 0 aliphatic rings. The molecule has 0 aliphatic carbocycles. The van der Waals surface area contributed by atoms with Crippen LogP contribution in [0.1, 0.15) is 38.1 Å². The van der Waals surface area contributed by atoms with E-state index in [2.05, 4.69) is 5.32 Å². The van der Waals surface area contributed by atoms with Gasteiger partial charge in [0.15, 0.2) is 12.4 Å². The van der Waals surface area contributed by atoms with Gasteiger partial charge in [-0.3, -0.25) is 9.59 Å². The van der Waals surface area contributed by atoms with Crippen molar-refractivity contribution in [1.82, 2.24) is 0 Å². The molecule has 1 amide bonds. The van der Waals surface area contributed by atoms with E-state index in [9.17, 15) is 14.4 Å². The molecule has 0 spiro atoms. The average Bonchev–Trinajstić information content (AvgIpc) is 2.78. The standard InChI is InChI=1S/C17H16ClNO4S/c1-9-10(2)24-16(19-11(3)20)15(9)17(22)23-8-14(21)12-5-4-6-13(18)7-12/h4-7H,8H2,1-3H3,(H,19,20). The van der Waals surface area contributed by atoms with Crippen molar-refractivity contribution in [2.75, 3.05) is 11.9 Å². The SMILES string of the molecule is CC(=O)Nc1sc(C)c(C)c1C(=O)OCC(=O)c1cccc(Cl)c1. The van der Waals surface area contributed by atoms with E-state index in [1.54, 1.807) is 25.1 Å². The van der Waals surface area contributed by atoms with Gasteiger partial charge in [0.1, 0.15) is 5.00 Å². The topological polar surface area (TPSA) is 72.5 Å². The Kier molecular flexibility index (Phi) is 5.75. The van der Waals surface area contributed by atoms with E-state index in [-0.39, 0.29) is 17.3 Å². The minimum atomic E-state index is -0.643. The third kappa shape index (κ3) is 4.21. The lowest BCUT2D eigenvalue weighted by molar-refractivity contribution is -0.114. The average molecular weight is 366 g/mol. The Morgan fingerprint density at radius 1 is 1.25 bits per heavy atom. The number of esters is 1. The lowest BCUT2D eigenvalue weighted by Crippen LogP contribution is -2.16. The van der Waals surface area contributed by atoms with Crippen LogP contribution in [0.4, 0.5) is 5.00 Å². The van der Waals surface area contributed by atoms with E-state index < -0.39 is 12.6 Å². The van der Waals surface area contributed by atoms with Gasteiger partial charge in [-0.1, -0.05) is 23.7 Å². The third-order valence-corrected chi connectivity index (χ3v) is 4.72. The summed E-state index contributed by atoms with van der Waals surface area (Å²) in [6.07, 6.45) is 0. The highest BCUT2D eigenvalue weighted by atomic mass is 35.5. The van der Waals surface area contributed by atoms with Gasteiger partial charge in [-0.05, 0) is 31.5 Å². The van der Waals surface area contributed by atoms with Gasteiger partial charge < -0.3 is 10.1 Å². The van der Waals surface area contributed by atoms with E-state index in [0.29, 0.717) is 15.6 Å². The predicted molar refractivity (Wildman–Crippen MR) is 94.2 cm³/mol. The van der Waals surface area contributed by atoms with E-state index >= 15 is 0 Å². The van der Waals surface area contributed by atoms with Crippen LogP contribution in [-0.2, 0) is 9.53 Å². The molecule has 1 aromatic carbocycles. The molecule has 126 valence electrons. The van der Waals surface area contributed by atoms with Gasteiger partial charge in [0, 0.05) is 22.4 Å². The number of Topliss-reactive ketones (excluding diaryl/α,β-unsaturated/α-hetero) is 1. The number of rotatable bonds is 5. The maximum absolute atomic E-state index is 12.3. The van der Waals surface area contributed by atoms with Crippen molar-refractivity contribution in [3.63, 3.8) is 0 Å². The van der Waals surface area contributed by atoms with Crippen molar-refractivity contribution >= 4 is 45.6 Å². The van der Waals surface area contributed by atoms with E-state index in [0.717, 1.165) is 10.4 Å². The zero-order valence-corrected chi connectivity index (χ0v) is 15.0. The first-order chi connectivity index (χ1) is 11.3. The highest BCUT2D eigenvalue weighted by Crippen LogP contribution is 2.33. The van der Waals surface area contributed by atoms with Crippen molar-refractivity contribution < 1.29 is 19.1 Å². The molecule has 7 heteroatoms. The fraction of sp³-hybridized carbons (Fsp3) is 0.235. The molecule has 0 saturated heterocycles. The van der Waals surface area contributed by atoms with E-state index in [4.69, 9.17) is 16.3 Å². The van der Waals surface area contributed by atoms with Crippen LogP contribution >= 0.6 is 22.9 Å². The maximum Gasteiger partial charge on any atom is 0.341 e. The molecule has 1 heterocycles. The van der Waals surface area contributed by atoms with Gasteiger partial charge in [0.25, 0.3) is 0 Å². The minimum Gasteiger partial charge on any atom is -0.454 e. The van der Waals surface area contributed by atoms with Crippen LogP contribution in [0.5, 0.6) is 0 Å². The third-order valence-electron chi connectivity index (χ3n) is 3.36. The number of anilines is 1. The van der Waals surface area contributed by atoms with Crippen LogP contribution in [0, 0.1) is 13.8 Å². The van der Waals surface area contributed by atoms with Crippen LogP contribution in [0.3, 0.4) is 0 Å². The summed E-state index contributed by atoms with van der Waals surface area (Å²) >= 11 is 7.14. The lowest BCUT2D eigenvalue weighted by atomic mass is 10.1. The summed E-state index contributed by atoms with van der Waals surface area (Å²) in [6.45, 7) is 4.58. The molecule has 0 unspecified atom stereocenters. The number of thiophene rings is 1.